The Labute approximate surface area is 224 Å². The fourth-order valence-corrected chi connectivity index (χ4v) is 6.49. The number of hydrogen-bond donors (Lipinski definition) is 2. The zero-order chi connectivity index (χ0) is 27.1. The van der Waals surface area contributed by atoms with Gasteiger partial charge in [0.05, 0.1) is 27.0 Å². The first-order valence-corrected chi connectivity index (χ1v) is 14.5. The molecule has 10 heteroatoms. The summed E-state index contributed by atoms with van der Waals surface area (Å²) in [5.74, 6) is 1.11. The van der Waals surface area contributed by atoms with Gasteiger partial charge in [-0.05, 0) is 73.7 Å². The molecule has 0 bridgehead atoms. The number of benzene rings is 3. The topological polar surface area (TPSA) is 107 Å². The molecule has 0 saturated heterocycles. The SMILES string of the molecule is Cc1ccc2c(-c3nc4ccc(S(=O)(=O)NCC5CC5)cc4n3-c3ccc4c(c3)n(C)c(=O)n4C)c[nH]c2c1. The van der Waals surface area contributed by atoms with E-state index in [1.807, 2.05) is 35.9 Å². The molecule has 0 spiro atoms. The first-order chi connectivity index (χ1) is 18.7. The molecule has 9 nitrogen and oxygen atoms in total. The summed E-state index contributed by atoms with van der Waals surface area (Å²) < 4.78 is 34.3. The number of nitrogens with one attached hydrogen (secondary N) is 2. The Morgan fingerprint density at radius 2 is 1.77 bits per heavy atom. The molecule has 1 saturated carbocycles. The number of hydrogen-bond acceptors (Lipinski definition) is 4. The van der Waals surface area contributed by atoms with Gasteiger partial charge >= 0.3 is 5.69 Å². The van der Waals surface area contributed by atoms with Crippen LogP contribution in [0.15, 0.2) is 70.5 Å². The minimum absolute atomic E-state index is 0.111. The summed E-state index contributed by atoms with van der Waals surface area (Å²) in [6.45, 7) is 2.51. The second-order valence-electron chi connectivity index (χ2n) is 10.5. The van der Waals surface area contributed by atoms with E-state index in [4.69, 9.17) is 4.98 Å². The molecule has 198 valence electrons. The van der Waals surface area contributed by atoms with E-state index in [9.17, 15) is 13.2 Å². The number of aryl methyl sites for hydroxylation is 3. The molecule has 2 N–H and O–H groups in total. The van der Waals surface area contributed by atoms with Crippen molar-refractivity contribution in [3.8, 4) is 17.1 Å². The number of H-pyrrole nitrogens is 1. The van der Waals surface area contributed by atoms with Gasteiger partial charge in [-0.15, -0.1) is 0 Å². The Morgan fingerprint density at radius 1 is 0.974 bits per heavy atom. The van der Waals surface area contributed by atoms with Crippen LogP contribution in [-0.4, -0.2) is 38.6 Å². The number of fused-ring (bicyclic) bond motifs is 3. The monoisotopic (exact) mass is 540 g/mol. The maximum absolute atomic E-state index is 13.2. The third kappa shape index (κ3) is 3.82. The van der Waals surface area contributed by atoms with Gasteiger partial charge in [-0.25, -0.2) is 22.9 Å². The third-order valence-corrected chi connectivity index (χ3v) is 9.21. The molecular weight excluding hydrogens is 512 g/mol. The van der Waals surface area contributed by atoms with Crippen LogP contribution in [0, 0.1) is 12.8 Å². The Bertz CT molecular complexity index is 2110. The normalized spacial score (nSPS) is 14.2. The van der Waals surface area contributed by atoms with E-state index < -0.39 is 10.0 Å². The number of sulfonamides is 1. The van der Waals surface area contributed by atoms with E-state index >= 15 is 0 Å². The predicted octanol–water partition coefficient (Wildman–Crippen LogP) is 4.36. The van der Waals surface area contributed by atoms with Crippen LogP contribution in [0.3, 0.4) is 0 Å². The van der Waals surface area contributed by atoms with E-state index in [-0.39, 0.29) is 10.6 Å². The van der Waals surface area contributed by atoms with Crippen LogP contribution >= 0.6 is 0 Å². The number of aromatic amines is 1. The maximum atomic E-state index is 13.2. The Hall–Kier alpha value is -4.15. The number of imidazole rings is 2. The van der Waals surface area contributed by atoms with Crippen molar-refractivity contribution >= 4 is 43.0 Å². The van der Waals surface area contributed by atoms with Crippen molar-refractivity contribution in [2.75, 3.05) is 6.54 Å². The lowest BCUT2D eigenvalue weighted by Gasteiger charge is -2.11. The summed E-state index contributed by atoms with van der Waals surface area (Å²) in [7, 11) is -0.178. The Balaban J connectivity index is 1.49. The third-order valence-electron chi connectivity index (χ3n) is 7.79. The summed E-state index contributed by atoms with van der Waals surface area (Å²) in [4.78, 5) is 21.2. The zero-order valence-corrected chi connectivity index (χ0v) is 22.7. The van der Waals surface area contributed by atoms with Crippen molar-refractivity contribution in [2.45, 2.75) is 24.7 Å². The van der Waals surface area contributed by atoms with Gasteiger partial charge < -0.3 is 4.98 Å². The molecule has 0 unspecified atom stereocenters. The van der Waals surface area contributed by atoms with Gasteiger partial charge in [0.25, 0.3) is 0 Å². The smallest absolute Gasteiger partial charge is 0.328 e. The lowest BCUT2D eigenvalue weighted by atomic mass is 10.1. The van der Waals surface area contributed by atoms with E-state index in [1.165, 1.54) is 0 Å². The van der Waals surface area contributed by atoms with Crippen molar-refractivity contribution in [3.05, 3.63) is 76.8 Å². The van der Waals surface area contributed by atoms with Crippen molar-refractivity contribution in [1.29, 1.82) is 0 Å². The van der Waals surface area contributed by atoms with Crippen molar-refractivity contribution in [3.63, 3.8) is 0 Å². The van der Waals surface area contributed by atoms with Gasteiger partial charge in [0.15, 0.2) is 0 Å². The highest BCUT2D eigenvalue weighted by Crippen LogP contribution is 2.35. The lowest BCUT2D eigenvalue weighted by Crippen LogP contribution is -2.25. The fraction of sp³-hybridized carbons (Fsp3) is 0.241. The van der Waals surface area contributed by atoms with Crippen LogP contribution in [0.5, 0.6) is 0 Å². The van der Waals surface area contributed by atoms with Crippen molar-refractivity contribution in [1.82, 2.24) is 28.4 Å². The summed E-state index contributed by atoms with van der Waals surface area (Å²) in [6, 6.07) is 17.1. The second kappa shape index (κ2) is 8.42. The maximum Gasteiger partial charge on any atom is 0.328 e. The van der Waals surface area contributed by atoms with Gasteiger partial charge in [0.2, 0.25) is 10.0 Å². The zero-order valence-electron chi connectivity index (χ0n) is 21.9. The van der Waals surface area contributed by atoms with Crippen LogP contribution < -0.4 is 10.4 Å². The van der Waals surface area contributed by atoms with Gasteiger partial charge in [-0.3, -0.25) is 13.7 Å². The second-order valence-corrected chi connectivity index (χ2v) is 12.3. The van der Waals surface area contributed by atoms with E-state index in [1.54, 1.807) is 41.4 Å². The molecule has 1 aliphatic carbocycles. The van der Waals surface area contributed by atoms with Gasteiger partial charge in [-0.1, -0.05) is 12.1 Å². The molecule has 3 aromatic heterocycles. The van der Waals surface area contributed by atoms with Crippen LogP contribution in [0.1, 0.15) is 18.4 Å². The van der Waals surface area contributed by atoms with E-state index in [0.29, 0.717) is 29.3 Å². The highest BCUT2D eigenvalue weighted by Gasteiger charge is 2.26. The molecule has 0 aliphatic heterocycles. The summed E-state index contributed by atoms with van der Waals surface area (Å²) in [5, 5.41) is 1.02. The lowest BCUT2D eigenvalue weighted by molar-refractivity contribution is 0.577. The summed E-state index contributed by atoms with van der Waals surface area (Å²) >= 11 is 0. The highest BCUT2D eigenvalue weighted by molar-refractivity contribution is 7.89. The molecular formula is C29H28N6O3S. The molecule has 39 heavy (non-hydrogen) atoms. The molecule has 6 aromatic rings. The largest absolute Gasteiger partial charge is 0.360 e. The molecule has 0 atom stereocenters. The van der Waals surface area contributed by atoms with E-state index in [2.05, 4.69) is 27.9 Å². The quantitative estimate of drug-likeness (QED) is 0.327. The van der Waals surface area contributed by atoms with Crippen LogP contribution in [0.4, 0.5) is 0 Å². The first kappa shape index (κ1) is 23.9. The number of nitrogens with zero attached hydrogens (tertiary/aromatic N) is 4. The van der Waals surface area contributed by atoms with Crippen molar-refractivity contribution in [2.24, 2.45) is 20.0 Å². The summed E-state index contributed by atoms with van der Waals surface area (Å²) in [5.41, 5.74) is 6.65. The Morgan fingerprint density at radius 3 is 2.56 bits per heavy atom. The molecule has 3 heterocycles. The van der Waals surface area contributed by atoms with E-state index in [0.717, 1.165) is 51.6 Å². The molecule has 3 aromatic carbocycles. The van der Waals surface area contributed by atoms with Crippen LogP contribution in [-0.2, 0) is 24.1 Å². The fourth-order valence-electron chi connectivity index (χ4n) is 5.36. The standard InChI is InChI=1S/C29H28N6O3S/c1-17-4-9-21-22(16-30-24(21)12-17)28-32-23-10-8-20(39(37,38)31-15-18-5-6-18)14-26(23)35(28)19-7-11-25-27(13-19)34(3)29(36)33(25)2/h4,7-14,16,18,30-31H,5-6,15H2,1-3H3. The summed E-state index contributed by atoms with van der Waals surface area (Å²) in [6.07, 6.45) is 4.06. The Kier molecular flexibility index (Phi) is 5.17. The average molecular weight is 541 g/mol. The van der Waals surface area contributed by atoms with Crippen molar-refractivity contribution < 1.29 is 8.42 Å². The minimum Gasteiger partial charge on any atom is -0.360 e. The molecule has 0 amide bonds. The van der Waals surface area contributed by atoms with Gasteiger partial charge in [0.1, 0.15) is 5.82 Å². The molecule has 0 radical (unpaired) electrons. The minimum atomic E-state index is -3.68. The molecule has 7 rings (SSSR count). The average Bonchev–Trinajstić information content (AvgIpc) is 3.50. The highest BCUT2D eigenvalue weighted by atomic mass is 32.2. The van der Waals surface area contributed by atoms with Gasteiger partial charge in [-0.2, -0.15) is 0 Å². The van der Waals surface area contributed by atoms with Gasteiger partial charge in [0, 0.05) is 49.0 Å². The molecule has 1 aliphatic rings. The number of rotatable bonds is 6. The predicted molar refractivity (Wildman–Crippen MR) is 153 cm³/mol. The first-order valence-electron chi connectivity index (χ1n) is 13.0. The number of aromatic nitrogens is 5. The van der Waals surface area contributed by atoms with Crippen LogP contribution in [0.2, 0.25) is 0 Å². The molecule has 1 fully saturated rings. The van der Waals surface area contributed by atoms with Crippen LogP contribution in [0.25, 0.3) is 50.0 Å².